The van der Waals surface area contributed by atoms with Gasteiger partial charge in [-0.2, -0.15) is 0 Å². The largest absolute Gasteiger partial charge is 0.479 e. The monoisotopic (exact) mass is 464 g/mol. The lowest BCUT2D eigenvalue weighted by atomic mass is 9.90. The van der Waals surface area contributed by atoms with Gasteiger partial charge in [0.25, 0.3) is 0 Å². The van der Waals surface area contributed by atoms with Gasteiger partial charge in [0.2, 0.25) is 5.91 Å². The molecular formula is C27H32N2O5. The van der Waals surface area contributed by atoms with Crippen molar-refractivity contribution in [3.05, 3.63) is 59.7 Å². The maximum absolute atomic E-state index is 13.1. The summed E-state index contributed by atoms with van der Waals surface area (Å²) in [6, 6.07) is 16.3. The zero-order valence-electron chi connectivity index (χ0n) is 19.8. The number of hydrogen-bond acceptors (Lipinski definition) is 4. The number of benzene rings is 2. The third-order valence-electron chi connectivity index (χ3n) is 7.13. The van der Waals surface area contributed by atoms with Crippen LogP contribution in [0.1, 0.15) is 56.6 Å². The van der Waals surface area contributed by atoms with Crippen molar-refractivity contribution in [3.63, 3.8) is 0 Å². The Morgan fingerprint density at radius 1 is 1.12 bits per heavy atom. The normalized spacial score (nSPS) is 19.9. The minimum absolute atomic E-state index is 0.0352. The molecular weight excluding hydrogens is 432 g/mol. The summed E-state index contributed by atoms with van der Waals surface area (Å²) in [6.07, 6.45) is 1.67. The molecule has 0 spiro atoms. The van der Waals surface area contributed by atoms with Crippen molar-refractivity contribution < 1.29 is 24.2 Å². The van der Waals surface area contributed by atoms with E-state index < -0.39 is 23.5 Å². The molecule has 7 heteroatoms. The average molecular weight is 465 g/mol. The fourth-order valence-corrected chi connectivity index (χ4v) is 5.44. The van der Waals surface area contributed by atoms with Crippen LogP contribution in [-0.4, -0.2) is 53.2 Å². The Hall–Kier alpha value is -3.35. The number of alkyl carbamates (subject to hydrolysis) is 1. The second kappa shape index (κ2) is 9.87. The van der Waals surface area contributed by atoms with Crippen LogP contribution in [-0.2, 0) is 14.3 Å². The Kier molecular flexibility index (Phi) is 6.91. The van der Waals surface area contributed by atoms with Gasteiger partial charge in [0, 0.05) is 19.0 Å². The van der Waals surface area contributed by atoms with Crippen LogP contribution in [0.25, 0.3) is 11.1 Å². The van der Waals surface area contributed by atoms with Gasteiger partial charge in [-0.25, -0.2) is 9.59 Å². The highest BCUT2D eigenvalue weighted by atomic mass is 16.5. The van der Waals surface area contributed by atoms with E-state index in [4.69, 9.17) is 4.74 Å². The van der Waals surface area contributed by atoms with Crippen LogP contribution in [0.4, 0.5) is 4.79 Å². The number of nitrogens with zero attached hydrogens (tertiary/aromatic N) is 1. The number of carbonyl (C=O) groups is 3. The van der Waals surface area contributed by atoms with E-state index in [1.807, 2.05) is 31.2 Å². The van der Waals surface area contributed by atoms with E-state index in [0.717, 1.165) is 22.3 Å². The predicted octanol–water partition coefficient (Wildman–Crippen LogP) is 4.41. The molecule has 7 nitrogen and oxygen atoms in total. The van der Waals surface area contributed by atoms with Crippen LogP contribution >= 0.6 is 0 Å². The molecule has 2 unspecified atom stereocenters. The Morgan fingerprint density at radius 3 is 2.32 bits per heavy atom. The molecule has 0 saturated carbocycles. The standard InChI is InChI=1S/C27H32N2O5/c1-3-13-27(25(31)32)14-8-15-29(27)24(30)18(2)16-28-26(33)34-17-23-21-11-6-4-9-19(21)20-10-5-7-12-22(20)23/h4-7,9-12,18,23H,3,8,13-17H2,1-2H3,(H,28,33)(H,31,32). The quantitative estimate of drug-likeness (QED) is 0.603. The van der Waals surface area contributed by atoms with E-state index in [1.165, 1.54) is 4.90 Å². The molecule has 2 atom stereocenters. The Bertz CT molecular complexity index is 1040. The van der Waals surface area contributed by atoms with Crippen molar-refractivity contribution in [1.29, 1.82) is 0 Å². The topological polar surface area (TPSA) is 95.9 Å². The molecule has 34 heavy (non-hydrogen) atoms. The summed E-state index contributed by atoms with van der Waals surface area (Å²) in [4.78, 5) is 39.0. The van der Waals surface area contributed by atoms with Gasteiger partial charge < -0.3 is 20.1 Å². The van der Waals surface area contributed by atoms with Crippen LogP contribution in [0, 0.1) is 5.92 Å². The van der Waals surface area contributed by atoms with E-state index in [-0.39, 0.29) is 25.0 Å². The third-order valence-corrected chi connectivity index (χ3v) is 7.13. The highest BCUT2D eigenvalue weighted by Crippen LogP contribution is 2.44. The molecule has 1 fully saturated rings. The summed E-state index contributed by atoms with van der Waals surface area (Å²) >= 11 is 0. The number of ether oxygens (including phenoxy) is 1. The molecule has 1 aliphatic heterocycles. The first-order valence-corrected chi connectivity index (χ1v) is 12.0. The zero-order valence-corrected chi connectivity index (χ0v) is 19.8. The van der Waals surface area contributed by atoms with Crippen molar-refractivity contribution in [2.75, 3.05) is 19.7 Å². The zero-order chi connectivity index (χ0) is 24.3. The van der Waals surface area contributed by atoms with E-state index in [9.17, 15) is 19.5 Å². The van der Waals surface area contributed by atoms with Crippen LogP contribution < -0.4 is 5.32 Å². The molecule has 1 aliphatic carbocycles. The lowest BCUT2D eigenvalue weighted by Crippen LogP contribution is -2.55. The van der Waals surface area contributed by atoms with Crippen molar-refractivity contribution >= 4 is 18.0 Å². The van der Waals surface area contributed by atoms with Gasteiger partial charge in [-0.05, 0) is 41.5 Å². The number of carboxylic acid groups (broad SMARTS) is 1. The van der Waals surface area contributed by atoms with Crippen molar-refractivity contribution in [3.8, 4) is 11.1 Å². The number of rotatable bonds is 8. The number of carbonyl (C=O) groups excluding carboxylic acids is 2. The smallest absolute Gasteiger partial charge is 0.407 e. The second-order valence-electron chi connectivity index (χ2n) is 9.29. The van der Waals surface area contributed by atoms with Gasteiger partial charge in [0.05, 0.1) is 5.92 Å². The van der Waals surface area contributed by atoms with Crippen LogP contribution in [0.3, 0.4) is 0 Å². The molecule has 1 heterocycles. The summed E-state index contributed by atoms with van der Waals surface area (Å²) < 4.78 is 5.54. The molecule has 180 valence electrons. The molecule has 1 saturated heterocycles. The number of likely N-dealkylation sites (tertiary alicyclic amines) is 1. The fraction of sp³-hybridized carbons (Fsp3) is 0.444. The van der Waals surface area contributed by atoms with Gasteiger partial charge >= 0.3 is 12.1 Å². The average Bonchev–Trinajstić information content (AvgIpc) is 3.41. The number of nitrogens with one attached hydrogen (secondary N) is 1. The minimum Gasteiger partial charge on any atom is -0.479 e. The van der Waals surface area contributed by atoms with Crippen LogP contribution in [0.2, 0.25) is 0 Å². The molecule has 0 aromatic heterocycles. The lowest BCUT2D eigenvalue weighted by molar-refractivity contribution is -0.158. The first kappa shape index (κ1) is 23.8. The Balaban J connectivity index is 1.34. The summed E-state index contributed by atoms with van der Waals surface area (Å²) in [5.74, 6) is -1.77. The molecule has 0 radical (unpaired) electrons. The third kappa shape index (κ3) is 4.27. The van der Waals surface area contributed by atoms with Gasteiger partial charge in [-0.3, -0.25) is 4.79 Å². The van der Waals surface area contributed by atoms with Crippen molar-refractivity contribution in [2.24, 2.45) is 5.92 Å². The van der Waals surface area contributed by atoms with Gasteiger partial charge in [-0.15, -0.1) is 0 Å². The van der Waals surface area contributed by atoms with Gasteiger partial charge in [0.1, 0.15) is 12.1 Å². The lowest BCUT2D eigenvalue weighted by Gasteiger charge is -2.36. The molecule has 2 aromatic rings. The van der Waals surface area contributed by atoms with Gasteiger partial charge in [-0.1, -0.05) is 68.8 Å². The molecule has 4 rings (SSSR count). The first-order valence-electron chi connectivity index (χ1n) is 12.0. The summed E-state index contributed by atoms with van der Waals surface area (Å²) in [7, 11) is 0. The van der Waals surface area contributed by atoms with Crippen molar-refractivity contribution in [1.82, 2.24) is 10.2 Å². The van der Waals surface area contributed by atoms with Crippen LogP contribution in [0.5, 0.6) is 0 Å². The Morgan fingerprint density at radius 2 is 1.74 bits per heavy atom. The van der Waals surface area contributed by atoms with E-state index in [2.05, 4.69) is 29.6 Å². The van der Waals surface area contributed by atoms with E-state index in [1.54, 1.807) is 6.92 Å². The first-order chi connectivity index (χ1) is 16.4. The number of hydrogen-bond donors (Lipinski definition) is 2. The molecule has 0 bridgehead atoms. The van der Waals surface area contributed by atoms with Crippen LogP contribution in [0.15, 0.2) is 48.5 Å². The highest BCUT2D eigenvalue weighted by Gasteiger charge is 2.49. The number of fused-ring (bicyclic) bond motifs is 3. The van der Waals surface area contributed by atoms with Gasteiger partial charge in [0.15, 0.2) is 0 Å². The maximum atomic E-state index is 13.1. The summed E-state index contributed by atoms with van der Waals surface area (Å²) in [5.41, 5.74) is 3.45. The molecule has 2 amide bonds. The van der Waals surface area contributed by atoms with Crippen molar-refractivity contribution in [2.45, 2.75) is 51.0 Å². The Labute approximate surface area is 200 Å². The summed E-state index contributed by atoms with van der Waals surface area (Å²) in [5, 5.41) is 12.5. The van der Waals surface area contributed by atoms with E-state index in [0.29, 0.717) is 32.2 Å². The highest BCUT2D eigenvalue weighted by molar-refractivity contribution is 5.89. The van der Waals surface area contributed by atoms with E-state index >= 15 is 0 Å². The number of carboxylic acids is 1. The number of amides is 2. The summed E-state index contributed by atoms with van der Waals surface area (Å²) in [6.45, 7) is 4.36. The second-order valence-corrected chi connectivity index (χ2v) is 9.29. The minimum atomic E-state index is -1.14. The maximum Gasteiger partial charge on any atom is 0.407 e. The fourth-order valence-electron chi connectivity index (χ4n) is 5.44. The predicted molar refractivity (Wildman–Crippen MR) is 128 cm³/mol. The molecule has 2 aliphatic rings. The SMILES string of the molecule is CCCC1(C(=O)O)CCCN1C(=O)C(C)CNC(=O)OCC1c2ccccc2-c2ccccc21. The number of aliphatic carboxylic acids is 1. The molecule has 2 N–H and O–H groups in total. The molecule has 2 aromatic carbocycles.